The molecule has 0 aromatic heterocycles. The number of hydrogen-bond acceptors (Lipinski definition) is 6. The molecule has 0 aliphatic carbocycles. The molecule has 1 N–H and O–H groups in total. The van der Waals surface area contributed by atoms with Crippen molar-refractivity contribution in [2.45, 2.75) is 26.3 Å². The highest BCUT2D eigenvalue weighted by atomic mass is 32.2. The fourth-order valence-corrected chi connectivity index (χ4v) is 4.87. The van der Waals surface area contributed by atoms with Gasteiger partial charge in [0.15, 0.2) is 5.17 Å². The molecule has 2 aliphatic heterocycles. The first-order chi connectivity index (χ1) is 16.4. The van der Waals surface area contributed by atoms with Crippen molar-refractivity contribution < 1.29 is 18.7 Å². The Morgan fingerprint density at radius 2 is 2.00 bits per heavy atom. The summed E-state index contributed by atoms with van der Waals surface area (Å²) in [6, 6.07) is 13.0. The third-order valence-corrected chi connectivity index (χ3v) is 6.27. The normalized spacial score (nSPS) is 17.0. The highest BCUT2D eigenvalue weighted by Crippen LogP contribution is 2.45. The maximum atomic E-state index is 13.2. The number of thioether (sulfide) groups is 1. The summed E-state index contributed by atoms with van der Waals surface area (Å²) in [5.41, 5.74) is 4.14. The molecule has 2 aromatic rings. The van der Waals surface area contributed by atoms with Crippen molar-refractivity contribution in [3.63, 3.8) is 0 Å². The van der Waals surface area contributed by atoms with Gasteiger partial charge in [-0.3, -0.25) is 4.79 Å². The van der Waals surface area contributed by atoms with Gasteiger partial charge in [0, 0.05) is 11.4 Å². The molecule has 1 atom stereocenters. The first-order valence-corrected chi connectivity index (χ1v) is 11.6. The van der Waals surface area contributed by atoms with Gasteiger partial charge in [-0.25, -0.2) is 14.2 Å². The summed E-state index contributed by atoms with van der Waals surface area (Å²) in [4.78, 5) is 32.4. The zero-order valence-corrected chi connectivity index (χ0v) is 19.7. The van der Waals surface area contributed by atoms with Gasteiger partial charge in [-0.1, -0.05) is 54.2 Å². The van der Waals surface area contributed by atoms with Gasteiger partial charge < -0.3 is 15.0 Å². The minimum Gasteiger partial charge on any atom is -0.458 e. The molecule has 34 heavy (non-hydrogen) atoms. The van der Waals surface area contributed by atoms with Crippen molar-refractivity contribution in [3.8, 4) is 0 Å². The van der Waals surface area contributed by atoms with Gasteiger partial charge in [0.1, 0.15) is 12.4 Å². The molecule has 0 saturated heterocycles. The molecule has 6 nitrogen and oxygen atoms in total. The number of nitrogens with zero attached hydrogens (tertiary/aromatic N) is 2. The van der Waals surface area contributed by atoms with Crippen LogP contribution < -0.4 is 5.32 Å². The van der Waals surface area contributed by atoms with E-state index >= 15 is 0 Å². The number of aliphatic imine (C=N–C) groups is 1. The smallest absolute Gasteiger partial charge is 0.338 e. The molecule has 0 saturated carbocycles. The minimum absolute atomic E-state index is 0.0553. The number of benzene rings is 2. The van der Waals surface area contributed by atoms with Gasteiger partial charge in [0.25, 0.3) is 0 Å². The largest absolute Gasteiger partial charge is 0.458 e. The zero-order valence-electron chi connectivity index (χ0n) is 18.9. The van der Waals surface area contributed by atoms with Crippen molar-refractivity contribution in [1.82, 2.24) is 4.90 Å². The average molecular weight is 478 g/mol. The summed E-state index contributed by atoms with van der Waals surface area (Å²) in [6.45, 7) is 7.48. The Balaban J connectivity index is 1.66. The fraction of sp³-hybridized carbons (Fsp3) is 0.192. The van der Waals surface area contributed by atoms with Crippen LogP contribution in [0.3, 0.4) is 0 Å². The van der Waals surface area contributed by atoms with E-state index in [2.05, 4.69) is 16.9 Å². The SMILES string of the molecule is C=CCOC(=O)C1=C(C)N=C2SC=C(CC(=O)Nc3ccc(F)cc3)N2C1c1cccc(C)c1. The molecule has 1 unspecified atom stereocenters. The number of anilines is 1. The number of fused-ring (bicyclic) bond motifs is 1. The maximum absolute atomic E-state index is 13.2. The minimum atomic E-state index is -0.496. The summed E-state index contributed by atoms with van der Waals surface area (Å²) in [6.07, 6.45) is 1.57. The Hall–Kier alpha value is -3.65. The van der Waals surface area contributed by atoms with Gasteiger partial charge in [-0.15, -0.1) is 0 Å². The van der Waals surface area contributed by atoms with Crippen LogP contribution in [0, 0.1) is 12.7 Å². The zero-order chi connectivity index (χ0) is 24.2. The monoisotopic (exact) mass is 477 g/mol. The van der Waals surface area contributed by atoms with Crippen LogP contribution in [0.2, 0.25) is 0 Å². The number of rotatable bonds is 7. The quantitative estimate of drug-likeness (QED) is 0.423. The van der Waals surface area contributed by atoms with E-state index in [1.54, 1.807) is 6.92 Å². The van der Waals surface area contributed by atoms with Crippen LogP contribution in [-0.4, -0.2) is 28.6 Å². The maximum Gasteiger partial charge on any atom is 0.338 e. The second kappa shape index (κ2) is 10.1. The van der Waals surface area contributed by atoms with Crippen LogP contribution in [0.1, 0.15) is 30.5 Å². The van der Waals surface area contributed by atoms with Crippen LogP contribution in [0.25, 0.3) is 0 Å². The lowest BCUT2D eigenvalue weighted by Crippen LogP contribution is -2.37. The van der Waals surface area contributed by atoms with Crippen molar-refractivity contribution in [1.29, 1.82) is 0 Å². The molecule has 2 aliphatic rings. The molecule has 2 heterocycles. The number of amides is 1. The number of aryl methyl sites for hydroxylation is 1. The first-order valence-electron chi connectivity index (χ1n) is 10.7. The number of nitrogens with one attached hydrogen (secondary N) is 1. The Morgan fingerprint density at radius 1 is 1.24 bits per heavy atom. The third kappa shape index (κ3) is 4.97. The Kier molecular flexibility index (Phi) is 6.98. The molecule has 0 radical (unpaired) electrons. The molecule has 174 valence electrons. The Morgan fingerprint density at radius 3 is 2.71 bits per heavy atom. The Labute approximate surface area is 201 Å². The van der Waals surface area contributed by atoms with Gasteiger partial charge in [-0.05, 0) is 49.1 Å². The van der Waals surface area contributed by atoms with E-state index in [1.165, 1.54) is 42.1 Å². The van der Waals surface area contributed by atoms with Gasteiger partial charge in [-0.2, -0.15) is 0 Å². The number of carbonyl (C=O) groups is 2. The number of halogens is 1. The number of esters is 1. The van der Waals surface area contributed by atoms with Crippen LogP contribution in [0.5, 0.6) is 0 Å². The molecular formula is C26H24FN3O3S. The lowest BCUT2D eigenvalue weighted by Gasteiger charge is -2.36. The number of amidine groups is 1. The third-order valence-electron chi connectivity index (χ3n) is 5.38. The first kappa shape index (κ1) is 23.5. The van der Waals surface area contributed by atoms with Crippen LogP contribution in [0.15, 0.2) is 88.6 Å². The predicted octanol–water partition coefficient (Wildman–Crippen LogP) is 5.47. The lowest BCUT2D eigenvalue weighted by atomic mass is 9.93. The highest BCUT2D eigenvalue weighted by Gasteiger charge is 2.41. The van der Waals surface area contributed by atoms with E-state index < -0.39 is 12.0 Å². The second-order valence-corrected chi connectivity index (χ2v) is 8.76. The van der Waals surface area contributed by atoms with Gasteiger partial charge in [0.05, 0.1) is 23.7 Å². The summed E-state index contributed by atoms with van der Waals surface area (Å²) < 4.78 is 18.6. The number of allylic oxidation sites excluding steroid dienone is 1. The summed E-state index contributed by atoms with van der Waals surface area (Å²) >= 11 is 1.40. The molecule has 0 fully saturated rings. The molecule has 4 rings (SSSR count). The van der Waals surface area contributed by atoms with Crippen molar-refractivity contribution in [3.05, 3.63) is 101 Å². The molecule has 2 aromatic carbocycles. The van der Waals surface area contributed by atoms with Crippen LogP contribution >= 0.6 is 11.8 Å². The highest BCUT2D eigenvalue weighted by molar-refractivity contribution is 8.16. The second-order valence-electron chi connectivity index (χ2n) is 7.93. The van der Waals surface area contributed by atoms with E-state index in [9.17, 15) is 14.0 Å². The number of hydrogen-bond donors (Lipinski definition) is 1. The molecule has 0 spiro atoms. The number of carbonyl (C=O) groups excluding carboxylic acids is 2. The van der Waals surface area contributed by atoms with E-state index in [-0.39, 0.29) is 24.8 Å². The number of ether oxygens (including phenoxy) is 1. The van der Waals surface area contributed by atoms with E-state index in [1.807, 2.05) is 41.5 Å². The van der Waals surface area contributed by atoms with Crippen molar-refractivity contribution >= 4 is 34.5 Å². The topological polar surface area (TPSA) is 71.0 Å². The lowest BCUT2D eigenvalue weighted by molar-refractivity contribution is -0.138. The van der Waals surface area contributed by atoms with E-state index in [0.717, 1.165) is 11.1 Å². The standard InChI is InChI=1S/C26H24FN3O3S/c1-4-12-33-25(32)23-17(3)28-26-30(24(23)18-7-5-6-16(2)13-18)21(15-34-26)14-22(31)29-20-10-8-19(27)9-11-20/h4-11,13,15,24H,1,12,14H2,2-3H3,(H,29,31). The molecule has 8 heteroatoms. The average Bonchev–Trinajstić information content (AvgIpc) is 3.19. The van der Waals surface area contributed by atoms with Crippen LogP contribution in [0.4, 0.5) is 10.1 Å². The van der Waals surface area contributed by atoms with Gasteiger partial charge >= 0.3 is 5.97 Å². The van der Waals surface area contributed by atoms with Crippen LogP contribution in [-0.2, 0) is 14.3 Å². The molecular weight excluding hydrogens is 453 g/mol. The van der Waals surface area contributed by atoms with Gasteiger partial charge in [0.2, 0.25) is 5.91 Å². The predicted molar refractivity (Wildman–Crippen MR) is 132 cm³/mol. The fourth-order valence-electron chi connectivity index (χ4n) is 3.90. The van der Waals surface area contributed by atoms with E-state index in [4.69, 9.17) is 4.74 Å². The summed E-state index contributed by atoms with van der Waals surface area (Å²) in [5.74, 6) is -1.11. The van der Waals surface area contributed by atoms with Crippen molar-refractivity contribution in [2.24, 2.45) is 4.99 Å². The van der Waals surface area contributed by atoms with E-state index in [0.29, 0.717) is 27.8 Å². The summed E-state index contributed by atoms with van der Waals surface area (Å²) in [5, 5.41) is 5.35. The Bertz CT molecular complexity index is 1230. The van der Waals surface area contributed by atoms with Crippen molar-refractivity contribution in [2.75, 3.05) is 11.9 Å². The molecule has 1 amide bonds. The summed E-state index contributed by atoms with van der Waals surface area (Å²) in [7, 11) is 0. The molecule has 0 bridgehead atoms.